The lowest BCUT2D eigenvalue weighted by atomic mass is 9.67. The summed E-state index contributed by atoms with van der Waals surface area (Å²) in [5.41, 5.74) is 15.3. The summed E-state index contributed by atoms with van der Waals surface area (Å²) in [5, 5.41) is 5.08. The number of hydrogen-bond donors (Lipinski definition) is 0. The Balaban J connectivity index is 1.08. The van der Waals surface area contributed by atoms with Crippen LogP contribution in [0.15, 0.2) is 237 Å². The van der Waals surface area contributed by atoms with E-state index in [1.165, 1.54) is 86.6 Å². The second-order valence-electron chi connectivity index (χ2n) is 16.0. The molecular weight excluding hydrogens is 755 g/mol. The van der Waals surface area contributed by atoms with Gasteiger partial charge in [0.25, 0.3) is 0 Å². The van der Waals surface area contributed by atoms with Crippen LogP contribution < -0.4 is 4.90 Å². The van der Waals surface area contributed by atoms with Gasteiger partial charge in [-0.2, -0.15) is 0 Å². The third-order valence-corrected chi connectivity index (χ3v) is 13.9. The van der Waals surface area contributed by atoms with Crippen molar-refractivity contribution in [2.45, 2.75) is 5.41 Å². The minimum atomic E-state index is -0.546. The molecule has 12 rings (SSSR count). The molecule has 286 valence electrons. The maximum absolute atomic E-state index is 2.47. The van der Waals surface area contributed by atoms with Crippen molar-refractivity contribution in [1.82, 2.24) is 0 Å². The SMILES string of the molecule is c1ccc(-c2ccc(C3(c4ccccc4)c4ccccc4-c4ccc(N(c5ccc(-c6cccc7ccccc67)cc5)c5ccc6sc7ccccc7c6c5)cc43)cc2)cc1. The third-order valence-electron chi connectivity index (χ3n) is 12.8. The lowest BCUT2D eigenvalue weighted by Crippen LogP contribution is -2.28. The van der Waals surface area contributed by atoms with Gasteiger partial charge in [-0.1, -0.05) is 188 Å². The van der Waals surface area contributed by atoms with Gasteiger partial charge in [0.05, 0.1) is 5.41 Å². The predicted molar refractivity (Wildman–Crippen MR) is 260 cm³/mol. The van der Waals surface area contributed by atoms with Crippen LogP contribution in [0.1, 0.15) is 22.3 Å². The third kappa shape index (κ3) is 5.68. The first-order chi connectivity index (χ1) is 30.2. The first-order valence-corrected chi connectivity index (χ1v) is 21.8. The van der Waals surface area contributed by atoms with Crippen molar-refractivity contribution in [2.24, 2.45) is 0 Å². The van der Waals surface area contributed by atoms with Crippen LogP contribution in [-0.4, -0.2) is 0 Å². The van der Waals surface area contributed by atoms with Gasteiger partial charge in [0.2, 0.25) is 0 Å². The van der Waals surface area contributed by atoms with Gasteiger partial charge >= 0.3 is 0 Å². The standard InChI is InChI=1S/C59H39NS/c1-3-14-40(15-4-1)41-26-30-45(31-27-41)59(44-18-5-2-6-19-44)55-24-11-9-21-51(55)52-36-34-48(39-56(52)59)60(47-35-37-58-54(38-47)53-22-10-12-25-57(53)61-58)46-32-28-43(29-33-46)50-23-13-17-42-16-7-8-20-49(42)50/h1-39H. The maximum atomic E-state index is 2.47. The van der Waals surface area contributed by atoms with Gasteiger partial charge in [-0.15, -0.1) is 11.3 Å². The van der Waals surface area contributed by atoms with Crippen molar-refractivity contribution in [3.8, 4) is 33.4 Å². The average molecular weight is 794 g/mol. The fourth-order valence-electron chi connectivity index (χ4n) is 9.99. The van der Waals surface area contributed by atoms with Gasteiger partial charge < -0.3 is 4.90 Å². The number of anilines is 3. The molecule has 1 aliphatic rings. The number of thiophene rings is 1. The van der Waals surface area contributed by atoms with Crippen molar-refractivity contribution in [3.05, 3.63) is 259 Å². The van der Waals surface area contributed by atoms with Crippen LogP contribution in [-0.2, 0) is 5.41 Å². The Morgan fingerprint density at radius 3 is 1.70 bits per heavy atom. The molecule has 0 amide bonds. The van der Waals surface area contributed by atoms with Gasteiger partial charge in [-0.25, -0.2) is 0 Å². The minimum Gasteiger partial charge on any atom is -0.310 e. The van der Waals surface area contributed by atoms with Crippen LogP contribution in [0.3, 0.4) is 0 Å². The molecule has 10 aromatic carbocycles. The van der Waals surface area contributed by atoms with E-state index in [0.717, 1.165) is 17.1 Å². The summed E-state index contributed by atoms with van der Waals surface area (Å²) >= 11 is 1.86. The number of nitrogens with zero attached hydrogens (tertiary/aromatic N) is 1. The molecule has 0 spiro atoms. The molecule has 1 heterocycles. The van der Waals surface area contributed by atoms with E-state index in [9.17, 15) is 0 Å². The fourth-order valence-corrected chi connectivity index (χ4v) is 11.1. The highest BCUT2D eigenvalue weighted by atomic mass is 32.1. The Morgan fingerprint density at radius 2 is 0.869 bits per heavy atom. The van der Waals surface area contributed by atoms with Gasteiger partial charge in [0.1, 0.15) is 0 Å². The summed E-state index contributed by atoms with van der Waals surface area (Å²) in [7, 11) is 0. The molecular formula is C59H39NS. The van der Waals surface area contributed by atoms with Gasteiger partial charge in [0.15, 0.2) is 0 Å². The predicted octanol–water partition coefficient (Wildman–Crippen LogP) is 16.4. The highest BCUT2D eigenvalue weighted by Gasteiger charge is 2.46. The molecule has 2 heteroatoms. The molecule has 0 bridgehead atoms. The highest BCUT2D eigenvalue weighted by Crippen LogP contribution is 2.57. The zero-order valence-corrected chi connectivity index (χ0v) is 34.2. The van der Waals surface area contributed by atoms with Crippen molar-refractivity contribution < 1.29 is 0 Å². The Bertz CT molecular complexity index is 3400. The van der Waals surface area contributed by atoms with E-state index in [1.807, 2.05) is 11.3 Å². The zero-order valence-electron chi connectivity index (χ0n) is 33.4. The summed E-state index contributed by atoms with van der Waals surface area (Å²) < 4.78 is 2.60. The van der Waals surface area contributed by atoms with Crippen LogP contribution in [0.4, 0.5) is 17.1 Å². The molecule has 1 aromatic heterocycles. The Labute approximate surface area is 360 Å². The minimum absolute atomic E-state index is 0.546. The normalized spacial score (nSPS) is 14.3. The fraction of sp³-hybridized carbons (Fsp3) is 0.0169. The van der Waals surface area contributed by atoms with Crippen LogP contribution in [0.25, 0.3) is 64.3 Å². The van der Waals surface area contributed by atoms with Crippen LogP contribution in [0, 0.1) is 0 Å². The summed E-state index contributed by atoms with van der Waals surface area (Å²) in [5.74, 6) is 0. The van der Waals surface area contributed by atoms with Crippen molar-refractivity contribution in [1.29, 1.82) is 0 Å². The van der Waals surface area contributed by atoms with Crippen molar-refractivity contribution >= 4 is 59.3 Å². The summed E-state index contributed by atoms with van der Waals surface area (Å²) in [6.07, 6.45) is 0. The monoisotopic (exact) mass is 793 g/mol. The second-order valence-corrected chi connectivity index (χ2v) is 17.1. The van der Waals surface area contributed by atoms with E-state index in [0.29, 0.717) is 0 Å². The molecule has 0 N–H and O–H groups in total. The maximum Gasteiger partial charge on any atom is 0.0714 e. The van der Waals surface area contributed by atoms with E-state index in [4.69, 9.17) is 0 Å². The molecule has 11 aromatic rings. The lowest BCUT2D eigenvalue weighted by molar-refractivity contribution is 0.768. The number of fused-ring (bicyclic) bond motifs is 7. The lowest BCUT2D eigenvalue weighted by Gasteiger charge is -2.35. The van der Waals surface area contributed by atoms with Gasteiger partial charge in [-0.05, 0) is 115 Å². The van der Waals surface area contributed by atoms with E-state index in [2.05, 4.69) is 241 Å². The number of rotatable bonds is 7. The summed E-state index contributed by atoms with van der Waals surface area (Å²) in [6.45, 7) is 0. The quantitative estimate of drug-likeness (QED) is 0.155. The summed E-state index contributed by atoms with van der Waals surface area (Å²) in [4.78, 5) is 2.45. The van der Waals surface area contributed by atoms with E-state index in [1.54, 1.807) is 0 Å². The largest absolute Gasteiger partial charge is 0.310 e. The van der Waals surface area contributed by atoms with Gasteiger partial charge in [0, 0.05) is 37.2 Å². The molecule has 0 saturated carbocycles. The average Bonchev–Trinajstić information content (AvgIpc) is 3.86. The zero-order chi connectivity index (χ0) is 40.3. The Kier molecular flexibility index (Phi) is 8.33. The van der Waals surface area contributed by atoms with Crippen LogP contribution in [0.2, 0.25) is 0 Å². The Morgan fingerprint density at radius 1 is 0.311 bits per heavy atom. The van der Waals surface area contributed by atoms with Crippen molar-refractivity contribution in [2.75, 3.05) is 4.90 Å². The van der Waals surface area contributed by atoms with E-state index in [-0.39, 0.29) is 0 Å². The van der Waals surface area contributed by atoms with Gasteiger partial charge in [-0.3, -0.25) is 0 Å². The molecule has 1 aliphatic carbocycles. The molecule has 0 fully saturated rings. The number of benzene rings is 10. The van der Waals surface area contributed by atoms with E-state index >= 15 is 0 Å². The topological polar surface area (TPSA) is 3.24 Å². The summed E-state index contributed by atoms with van der Waals surface area (Å²) in [6, 6.07) is 87.5. The molecule has 1 unspecified atom stereocenters. The first kappa shape index (κ1) is 35.4. The molecule has 61 heavy (non-hydrogen) atoms. The molecule has 1 atom stereocenters. The van der Waals surface area contributed by atoms with Crippen LogP contribution >= 0.6 is 11.3 Å². The van der Waals surface area contributed by atoms with E-state index < -0.39 is 5.41 Å². The highest BCUT2D eigenvalue weighted by molar-refractivity contribution is 7.25. The number of hydrogen-bond acceptors (Lipinski definition) is 2. The molecule has 0 radical (unpaired) electrons. The Hall–Kier alpha value is -7.52. The smallest absolute Gasteiger partial charge is 0.0714 e. The second kappa shape index (κ2) is 14.3. The van der Waals surface area contributed by atoms with Crippen molar-refractivity contribution in [3.63, 3.8) is 0 Å². The van der Waals surface area contributed by atoms with Crippen LogP contribution in [0.5, 0.6) is 0 Å². The molecule has 1 nitrogen and oxygen atoms in total. The first-order valence-electron chi connectivity index (χ1n) is 21.0. The molecule has 0 aliphatic heterocycles. The molecule has 0 saturated heterocycles.